The minimum atomic E-state index is -0.449. The van der Waals surface area contributed by atoms with Gasteiger partial charge in [0.25, 0.3) is 0 Å². The SMILES string of the molecule is C=C(C)C(=O)Oc1ccc(C(=CC)C(=CC)c2ccc(OC(=O)C(=C)C)cc2)cc1. The standard InChI is InChI=1S/C26H26O4/c1-7-23(19-9-13-21(14-10-19)29-25(27)17(3)4)24(8-2)20-11-15-22(16-12-20)30-26(28)18(5)6/h7-16H,3,5H2,1-2,4,6H3. The molecule has 0 heterocycles. The van der Waals surface area contributed by atoms with Crippen molar-refractivity contribution in [3.8, 4) is 11.5 Å². The molecule has 0 unspecified atom stereocenters. The Morgan fingerprint density at radius 1 is 0.667 bits per heavy atom. The van der Waals surface area contributed by atoms with Crippen molar-refractivity contribution >= 4 is 23.1 Å². The van der Waals surface area contributed by atoms with Crippen LogP contribution in [0.25, 0.3) is 11.1 Å². The third-order valence-corrected chi connectivity index (χ3v) is 4.32. The predicted octanol–water partition coefficient (Wildman–Crippen LogP) is 6.16. The van der Waals surface area contributed by atoms with Crippen LogP contribution in [0.15, 0.2) is 85.0 Å². The Kier molecular flexibility index (Phi) is 7.70. The molecule has 154 valence electrons. The molecule has 0 radical (unpaired) electrons. The fourth-order valence-corrected chi connectivity index (χ4v) is 2.75. The molecule has 0 spiro atoms. The third kappa shape index (κ3) is 5.67. The van der Waals surface area contributed by atoms with Gasteiger partial charge in [-0.3, -0.25) is 0 Å². The molecule has 0 saturated carbocycles. The van der Waals surface area contributed by atoms with Gasteiger partial charge in [0.15, 0.2) is 0 Å². The van der Waals surface area contributed by atoms with Gasteiger partial charge in [-0.1, -0.05) is 49.6 Å². The maximum atomic E-state index is 11.7. The lowest BCUT2D eigenvalue weighted by molar-refractivity contribution is -0.130. The van der Waals surface area contributed by atoms with Crippen LogP contribution in [0.3, 0.4) is 0 Å². The van der Waals surface area contributed by atoms with Gasteiger partial charge in [0.05, 0.1) is 0 Å². The molecule has 0 amide bonds. The number of hydrogen-bond acceptors (Lipinski definition) is 4. The summed E-state index contributed by atoms with van der Waals surface area (Å²) in [6.07, 6.45) is 4.05. The maximum Gasteiger partial charge on any atom is 0.338 e. The Morgan fingerprint density at radius 2 is 0.967 bits per heavy atom. The van der Waals surface area contributed by atoms with E-state index in [1.807, 2.05) is 50.3 Å². The zero-order chi connectivity index (χ0) is 22.3. The molecule has 0 atom stereocenters. The summed E-state index contributed by atoms with van der Waals surface area (Å²) in [5, 5.41) is 0. The highest BCUT2D eigenvalue weighted by Crippen LogP contribution is 2.33. The highest BCUT2D eigenvalue weighted by molar-refractivity contribution is 6.04. The highest BCUT2D eigenvalue weighted by Gasteiger charge is 2.12. The second kappa shape index (κ2) is 10.2. The normalized spacial score (nSPS) is 11.6. The second-order valence-electron chi connectivity index (χ2n) is 6.79. The third-order valence-electron chi connectivity index (χ3n) is 4.32. The first kappa shape index (κ1) is 22.6. The summed E-state index contributed by atoms with van der Waals surface area (Å²) in [4.78, 5) is 23.4. The number of carbonyl (C=O) groups excluding carboxylic acids is 2. The zero-order valence-electron chi connectivity index (χ0n) is 17.8. The molecule has 0 fully saturated rings. The van der Waals surface area contributed by atoms with E-state index in [2.05, 4.69) is 13.2 Å². The fourth-order valence-electron chi connectivity index (χ4n) is 2.75. The van der Waals surface area contributed by atoms with Crippen LogP contribution < -0.4 is 9.47 Å². The molecule has 30 heavy (non-hydrogen) atoms. The minimum absolute atomic E-state index is 0.349. The number of ether oxygens (including phenoxy) is 2. The monoisotopic (exact) mass is 402 g/mol. The van der Waals surface area contributed by atoms with Gasteiger partial charge in [-0.05, 0) is 74.2 Å². The lowest BCUT2D eigenvalue weighted by Crippen LogP contribution is -2.08. The lowest BCUT2D eigenvalue weighted by Gasteiger charge is -2.14. The quantitative estimate of drug-likeness (QED) is 0.241. The first-order valence-corrected chi connectivity index (χ1v) is 9.56. The molecule has 4 nitrogen and oxygen atoms in total. The van der Waals surface area contributed by atoms with Crippen molar-refractivity contribution in [2.75, 3.05) is 0 Å². The number of carbonyl (C=O) groups is 2. The average Bonchev–Trinajstić information content (AvgIpc) is 2.73. The minimum Gasteiger partial charge on any atom is -0.423 e. The smallest absolute Gasteiger partial charge is 0.338 e. The molecule has 0 bridgehead atoms. The van der Waals surface area contributed by atoms with Gasteiger partial charge in [-0.15, -0.1) is 0 Å². The largest absolute Gasteiger partial charge is 0.423 e. The summed E-state index contributed by atoms with van der Waals surface area (Å²) in [6.45, 7) is 14.3. The molecule has 0 aromatic heterocycles. The van der Waals surface area contributed by atoms with E-state index in [0.717, 1.165) is 22.3 Å². The molecular weight excluding hydrogens is 376 g/mol. The van der Waals surface area contributed by atoms with Gasteiger partial charge in [0.2, 0.25) is 0 Å². The van der Waals surface area contributed by atoms with Gasteiger partial charge >= 0.3 is 11.9 Å². The van der Waals surface area contributed by atoms with Crippen LogP contribution >= 0.6 is 0 Å². The second-order valence-corrected chi connectivity index (χ2v) is 6.79. The molecule has 2 aromatic carbocycles. The number of allylic oxidation sites excluding steroid dienone is 4. The Labute approximate surface area is 177 Å². The molecule has 4 heteroatoms. The molecule has 2 aromatic rings. The molecular formula is C26H26O4. The molecule has 0 aliphatic heterocycles. The first-order chi connectivity index (χ1) is 14.3. The molecule has 0 saturated heterocycles. The maximum absolute atomic E-state index is 11.7. The van der Waals surface area contributed by atoms with Crippen molar-refractivity contribution < 1.29 is 19.1 Å². The van der Waals surface area contributed by atoms with Crippen LogP contribution in [0.1, 0.15) is 38.8 Å². The van der Waals surface area contributed by atoms with Crippen molar-refractivity contribution in [2.24, 2.45) is 0 Å². The first-order valence-electron chi connectivity index (χ1n) is 9.56. The van der Waals surface area contributed by atoms with E-state index in [1.54, 1.807) is 38.1 Å². The Balaban J connectivity index is 2.24. The van der Waals surface area contributed by atoms with Crippen LogP contribution in [0.2, 0.25) is 0 Å². The molecule has 0 N–H and O–H groups in total. The lowest BCUT2D eigenvalue weighted by atomic mass is 9.92. The fraction of sp³-hybridized carbons (Fsp3) is 0.154. The van der Waals surface area contributed by atoms with E-state index in [-0.39, 0.29) is 0 Å². The summed E-state index contributed by atoms with van der Waals surface area (Å²) < 4.78 is 10.5. The topological polar surface area (TPSA) is 52.6 Å². The Bertz CT molecular complexity index is 934. The molecule has 0 aliphatic carbocycles. The van der Waals surface area contributed by atoms with Gasteiger partial charge in [0, 0.05) is 11.1 Å². The van der Waals surface area contributed by atoms with Crippen LogP contribution in [-0.2, 0) is 9.59 Å². The van der Waals surface area contributed by atoms with E-state index in [0.29, 0.717) is 22.6 Å². The van der Waals surface area contributed by atoms with E-state index < -0.39 is 11.9 Å². The molecule has 2 rings (SSSR count). The van der Waals surface area contributed by atoms with Gasteiger partial charge in [-0.25, -0.2) is 9.59 Å². The van der Waals surface area contributed by atoms with Crippen molar-refractivity contribution in [1.82, 2.24) is 0 Å². The number of esters is 2. The van der Waals surface area contributed by atoms with Gasteiger partial charge < -0.3 is 9.47 Å². The number of hydrogen-bond donors (Lipinski definition) is 0. The van der Waals surface area contributed by atoms with Crippen LogP contribution in [0.4, 0.5) is 0 Å². The van der Waals surface area contributed by atoms with Crippen molar-refractivity contribution in [2.45, 2.75) is 27.7 Å². The predicted molar refractivity (Wildman–Crippen MR) is 121 cm³/mol. The van der Waals surface area contributed by atoms with Crippen LogP contribution in [0.5, 0.6) is 11.5 Å². The molecule has 0 aliphatic rings. The average molecular weight is 402 g/mol. The summed E-state index contributed by atoms with van der Waals surface area (Å²) in [7, 11) is 0. The highest BCUT2D eigenvalue weighted by atomic mass is 16.5. The van der Waals surface area contributed by atoms with Gasteiger partial charge in [0.1, 0.15) is 11.5 Å². The Morgan fingerprint density at radius 3 is 1.20 bits per heavy atom. The van der Waals surface area contributed by atoms with E-state index in [9.17, 15) is 9.59 Å². The summed E-state index contributed by atoms with van der Waals surface area (Å²) in [5.41, 5.74) is 4.73. The van der Waals surface area contributed by atoms with Crippen LogP contribution in [0, 0.1) is 0 Å². The van der Waals surface area contributed by atoms with Crippen molar-refractivity contribution in [3.05, 3.63) is 96.1 Å². The number of rotatable bonds is 7. The number of benzene rings is 2. The van der Waals surface area contributed by atoms with E-state index >= 15 is 0 Å². The van der Waals surface area contributed by atoms with E-state index in [1.165, 1.54) is 0 Å². The van der Waals surface area contributed by atoms with Gasteiger partial charge in [-0.2, -0.15) is 0 Å². The summed E-state index contributed by atoms with van der Waals surface area (Å²) >= 11 is 0. The van der Waals surface area contributed by atoms with Crippen molar-refractivity contribution in [3.63, 3.8) is 0 Å². The summed E-state index contributed by atoms with van der Waals surface area (Å²) in [5.74, 6) is 0.0343. The van der Waals surface area contributed by atoms with Crippen LogP contribution in [-0.4, -0.2) is 11.9 Å². The van der Waals surface area contributed by atoms with E-state index in [4.69, 9.17) is 9.47 Å². The Hall–Kier alpha value is -3.66. The zero-order valence-corrected chi connectivity index (χ0v) is 17.8. The summed E-state index contributed by atoms with van der Waals surface area (Å²) in [6, 6.07) is 14.7. The van der Waals surface area contributed by atoms with Crippen molar-refractivity contribution in [1.29, 1.82) is 0 Å².